The molecule has 15 heavy (non-hydrogen) atoms. The van der Waals surface area contributed by atoms with E-state index in [4.69, 9.17) is 0 Å². The van der Waals surface area contributed by atoms with Gasteiger partial charge in [-0.1, -0.05) is 0 Å². The van der Waals surface area contributed by atoms with Crippen molar-refractivity contribution in [1.29, 1.82) is 0 Å². The molecule has 4 nitrogen and oxygen atoms in total. The first-order valence-electron chi connectivity index (χ1n) is 3.97. The van der Waals surface area contributed by atoms with E-state index in [2.05, 4.69) is 9.97 Å². The van der Waals surface area contributed by atoms with Gasteiger partial charge in [-0.15, -0.1) is 0 Å². The van der Waals surface area contributed by atoms with Gasteiger partial charge in [-0.05, 0) is 0 Å². The Kier molecular flexibility index (Phi) is 3.23. The Morgan fingerprint density at radius 1 is 1.40 bits per heavy atom. The molecule has 7 heteroatoms. The summed E-state index contributed by atoms with van der Waals surface area (Å²) >= 11 is 0. The predicted molar refractivity (Wildman–Crippen MR) is 46.7 cm³/mol. The van der Waals surface area contributed by atoms with Gasteiger partial charge in [-0.3, -0.25) is 4.79 Å². The molecule has 0 aromatic carbocycles. The maximum absolute atomic E-state index is 12.0. The number of rotatable bonds is 3. The average Bonchev–Trinajstić information content (AvgIpc) is 2.15. The van der Waals surface area contributed by atoms with Gasteiger partial charge in [-0.2, -0.15) is 13.2 Å². The van der Waals surface area contributed by atoms with E-state index in [1.807, 2.05) is 0 Å². The molecule has 0 bridgehead atoms. The van der Waals surface area contributed by atoms with Crippen LogP contribution >= 0.6 is 0 Å². The molecule has 1 aromatic rings. The molecule has 0 saturated heterocycles. The third kappa shape index (κ3) is 3.53. The lowest BCUT2D eigenvalue weighted by Gasteiger charge is -2.18. The van der Waals surface area contributed by atoms with Crippen molar-refractivity contribution in [2.75, 3.05) is 18.5 Å². The maximum Gasteiger partial charge on any atom is 0.406 e. The zero-order valence-electron chi connectivity index (χ0n) is 7.82. The second kappa shape index (κ2) is 4.24. The Morgan fingerprint density at radius 2 is 1.93 bits per heavy atom. The highest BCUT2D eigenvalue weighted by molar-refractivity contribution is 5.73. The third-order valence-corrected chi connectivity index (χ3v) is 1.55. The maximum atomic E-state index is 12.0. The van der Waals surface area contributed by atoms with Crippen LogP contribution in [0.15, 0.2) is 12.4 Å². The van der Waals surface area contributed by atoms with E-state index in [1.54, 1.807) is 0 Å². The number of carbonyl (C=O) groups is 1. The highest BCUT2D eigenvalue weighted by Crippen LogP contribution is 2.17. The van der Waals surface area contributed by atoms with Crippen molar-refractivity contribution in [1.82, 2.24) is 9.97 Å². The van der Waals surface area contributed by atoms with Crippen LogP contribution in [-0.2, 0) is 0 Å². The first-order valence-corrected chi connectivity index (χ1v) is 3.97. The van der Waals surface area contributed by atoms with Crippen LogP contribution in [0.25, 0.3) is 0 Å². The Morgan fingerprint density at radius 3 is 2.33 bits per heavy atom. The van der Waals surface area contributed by atoms with Crippen molar-refractivity contribution in [3.05, 3.63) is 18.0 Å². The van der Waals surface area contributed by atoms with Gasteiger partial charge in [0.25, 0.3) is 0 Å². The van der Waals surface area contributed by atoms with E-state index in [9.17, 15) is 18.0 Å². The molecule has 1 rings (SSSR count). The van der Waals surface area contributed by atoms with Crippen LogP contribution in [0.4, 0.5) is 19.1 Å². The smallest absolute Gasteiger partial charge is 0.335 e. The summed E-state index contributed by atoms with van der Waals surface area (Å²) < 4.78 is 36.0. The van der Waals surface area contributed by atoms with E-state index in [-0.39, 0.29) is 11.5 Å². The van der Waals surface area contributed by atoms with Crippen molar-refractivity contribution in [2.24, 2.45) is 0 Å². The van der Waals surface area contributed by atoms with Gasteiger partial charge >= 0.3 is 6.18 Å². The Labute approximate surface area is 83.7 Å². The highest BCUT2D eigenvalue weighted by atomic mass is 19.4. The minimum Gasteiger partial charge on any atom is -0.335 e. The molecule has 0 amide bonds. The molecule has 0 aliphatic carbocycles. The topological polar surface area (TPSA) is 46.1 Å². The minimum absolute atomic E-state index is 0.0714. The highest BCUT2D eigenvalue weighted by Gasteiger charge is 2.30. The van der Waals surface area contributed by atoms with Crippen LogP contribution in [0, 0.1) is 0 Å². The van der Waals surface area contributed by atoms with Gasteiger partial charge in [0, 0.05) is 19.4 Å². The normalized spacial score (nSPS) is 11.2. The standard InChI is InChI=1S/C8H8F3N3O/c1-14(5-8(9,10)11)7-12-2-6(4-15)3-13-7/h2-4H,5H2,1H3. The lowest BCUT2D eigenvalue weighted by atomic mass is 10.4. The Bertz CT molecular complexity index is 336. The van der Waals surface area contributed by atoms with Gasteiger partial charge in [0.05, 0.1) is 5.56 Å². The van der Waals surface area contributed by atoms with Crippen LogP contribution in [0.3, 0.4) is 0 Å². The van der Waals surface area contributed by atoms with Gasteiger partial charge in [0.1, 0.15) is 6.54 Å². The van der Waals surface area contributed by atoms with Gasteiger partial charge < -0.3 is 4.90 Å². The number of aromatic nitrogens is 2. The second-order valence-corrected chi connectivity index (χ2v) is 2.91. The van der Waals surface area contributed by atoms with Gasteiger partial charge in [0.2, 0.25) is 5.95 Å². The number of hydrogen-bond acceptors (Lipinski definition) is 4. The lowest BCUT2D eigenvalue weighted by Crippen LogP contribution is -2.32. The average molecular weight is 219 g/mol. The van der Waals surface area contributed by atoms with Crippen molar-refractivity contribution >= 4 is 12.2 Å². The summed E-state index contributed by atoms with van der Waals surface area (Å²) in [6.45, 7) is -1.13. The van der Waals surface area contributed by atoms with E-state index in [1.165, 1.54) is 19.4 Å². The second-order valence-electron chi connectivity index (χ2n) is 2.91. The number of aldehydes is 1. The van der Waals surface area contributed by atoms with E-state index >= 15 is 0 Å². The van der Waals surface area contributed by atoms with Crippen molar-refractivity contribution in [3.63, 3.8) is 0 Å². The summed E-state index contributed by atoms with van der Waals surface area (Å²) in [6, 6.07) is 0. The molecule has 0 atom stereocenters. The predicted octanol–water partition coefficient (Wildman–Crippen LogP) is 1.29. The van der Waals surface area contributed by atoms with Crippen LogP contribution < -0.4 is 4.90 Å². The molecule has 0 radical (unpaired) electrons. The van der Waals surface area contributed by atoms with Crippen LogP contribution in [0.5, 0.6) is 0 Å². The summed E-state index contributed by atoms with van der Waals surface area (Å²) in [5.41, 5.74) is 0.221. The minimum atomic E-state index is -4.30. The van der Waals surface area contributed by atoms with Crippen LogP contribution in [-0.4, -0.2) is 36.0 Å². The van der Waals surface area contributed by atoms with Gasteiger partial charge in [-0.25, -0.2) is 9.97 Å². The molecule has 0 spiro atoms. The first kappa shape index (κ1) is 11.4. The lowest BCUT2D eigenvalue weighted by molar-refractivity contribution is -0.119. The fourth-order valence-electron chi connectivity index (χ4n) is 0.929. The fraction of sp³-hybridized carbons (Fsp3) is 0.375. The van der Waals surface area contributed by atoms with Crippen molar-refractivity contribution in [3.8, 4) is 0 Å². The molecule has 0 aliphatic heterocycles. The molecule has 0 unspecified atom stereocenters. The van der Waals surface area contributed by atoms with E-state index in [0.29, 0.717) is 6.29 Å². The summed E-state index contributed by atoms with van der Waals surface area (Å²) in [6.07, 6.45) is -1.45. The molecule has 0 saturated carbocycles. The van der Waals surface area contributed by atoms with Crippen LogP contribution in [0.2, 0.25) is 0 Å². The quantitative estimate of drug-likeness (QED) is 0.718. The number of halogens is 3. The molecule has 1 heterocycles. The van der Waals surface area contributed by atoms with Crippen molar-refractivity contribution < 1.29 is 18.0 Å². The zero-order chi connectivity index (χ0) is 11.5. The molecule has 0 aliphatic rings. The first-order chi connectivity index (χ1) is 6.92. The fourth-order valence-corrected chi connectivity index (χ4v) is 0.929. The van der Waals surface area contributed by atoms with E-state index < -0.39 is 12.7 Å². The molecular weight excluding hydrogens is 211 g/mol. The third-order valence-electron chi connectivity index (χ3n) is 1.55. The molecule has 0 N–H and O–H groups in total. The number of nitrogens with zero attached hydrogens (tertiary/aromatic N) is 3. The monoisotopic (exact) mass is 219 g/mol. The molecule has 1 aromatic heterocycles. The Hall–Kier alpha value is -1.66. The van der Waals surface area contributed by atoms with E-state index in [0.717, 1.165) is 4.90 Å². The molecular formula is C8H8F3N3O. The Balaban J connectivity index is 2.74. The largest absolute Gasteiger partial charge is 0.406 e. The zero-order valence-corrected chi connectivity index (χ0v) is 7.82. The number of alkyl halides is 3. The number of carbonyl (C=O) groups excluding carboxylic acids is 1. The summed E-state index contributed by atoms with van der Waals surface area (Å²) in [7, 11) is 1.23. The summed E-state index contributed by atoms with van der Waals surface area (Å²) in [5, 5.41) is 0. The molecule has 82 valence electrons. The van der Waals surface area contributed by atoms with Crippen molar-refractivity contribution in [2.45, 2.75) is 6.18 Å². The summed E-state index contributed by atoms with van der Waals surface area (Å²) in [4.78, 5) is 18.3. The summed E-state index contributed by atoms with van der Waals surface area (Å²) in [5.74, 6) is -0.0714. The number of anilines is 1. The van der Waals surface area contributed by atoms with Crippen LogP contribution in [0.1, 0.15) is 10.4 Å². The molecule has 0 fully saturated rings. The van der Waals surface area contributed by atoms with Gasteiger partial charge in [0.15, 0.2) is 6.29 Å². The number of hydrogen-bond donors (Lipinski definition) is 0. The SMILES string of the molecule is CN(CC(F)(F)F)c1ncc(C=O)cn1.